The Hall–Kier alpha value is -3.07. The summed E-state index contributed by atoms with van der Waals surface area (Å²) in [6, 6.07) is 11.4. The molecule has 1 N–H and O–H groups in total. The van der Waals surface area contributed by atoms with Crippen LogP contribution < -0.4 is 14.8 Å². The molecule has 176 valence electrons. The molecule has 1 aliphatic rings. The summed E-state index contributed by atoms with van der Waals surface area (Å²) in [5.74, 6) is 1.31. The number of imidazole rings is 1. The van der Waals surface area contributed by atoms with Crippen molar-refractivity contribution in [3.8, 4) is 11.5 Å². The number of para-hydroxylation sites is 1. The van der Waals surface area contributed by atoms with Gasteiger partial charge < -0.3 is 14.8 Å². The molecule has 1 aromatic carbocycles. The number of pyridine rings is 1. The van der Waals surface area contributed by atoms with Crippen LogP contribution in [0.2, 0.25) is 0 Å². The van der Waals surface area contributed by atoms with E-state index >= 15 is 0 Å². The third kappa shape index (κ3) is 5.13. The Kier molecular flexibility index (Phi) is 6.34. The number of rotatable bonds is 7. The number of sulfone groups is 1. The van der Waals surface area contributed by atoms with Gasteiger partial charge in [-0.25, -0.2) is 13.4 Å². The SMILES string of the molecule is CCOc1ccccc1COc1ccc2nc(C(=O)NC3(C)CCS(=O)(=O)CC3)c(C)n2c1. The molecule has 33 heavy (non-hydrogen) atoms. The number of aryl methyl sites for hydroxylation is 1. The van der Waals surface area contributed by atoms with Crippen molar-refractivity contribution in [3.05, 3.63) is 59.5 Å². The number of nitrogens with one attached hydrogen (secondary N) is 1. The quantitative estimate of drug-likeness (QED) is 0.568. The summed E-state index contributed by atoms with van der Waals surface area (Å²) in [5.41, 5.74) is 2.03. The Labute approximate surface area is 193 Å². The van der Waals surface area contributed by atoms with Crippen molar-refractivity contribution in [2.45, 2.75) is 45.8 Å². The topological polar surface area (TPSA) is 99.0 Å². The lowest BCUT2D eigenvalue weighted by atomic mass is 9.94. The third-order valence-electron chi connectivity index (χ3n) is 6.06. The molecule has 9 heteroatoms. The summed E-state index contributed by atoms with van der Waals surface area (Å²) in [6.45, 7) is 6.59. The first-order valence-corrected chi connectivity index (χ1v) is 12.9. The van der Waals surface area contributed by atoms with E-state index in [1.807, 2.05) is 67.8 Å². The highest BCUT2D eigenvalue weighted by Gasteiger charge is 2.35. The first-order chi connectivity index (χ1) is 15.7. The second kappa shape index (κ2) is 9.05. The van der Waals surface area contributed by atoms with E-state index in [0.717, 1.165) is 11.3 Å². The number of hydrogen-bond donors (Lipinski definition) is 1. The molecule has 0 unspecified atom stereocenters. The molecule has 1 amide bonds. The van der Waals surface area contributed by atoms with Gasteiger partial charge in [0.1, 0.15) is 39.3 Å². The predicted octanol–water partition coefficient (Wildman–Crippen LogP) is 3.32. The van der Waals surface area contributed by atoms with Crippen LogP contribution in [0.25, 0.3) is 5.65 Å². The van der Waals surface area contributed by atoms with E-state index in [4.69, 9.17) is 9.47 Å². The lowest BCUT2D eigenvalue weighted by molar-refractivity contribution is 0.0894. The number of carbonyl (C=O) groups is 1. The Morgan fingerprint density at radius 1 is 1.15 bits per heavy atom. The van der Waals surface area contributed by atoms with Crippen LogP contribution in [0, 0.1) is 6.92 Å². The van der Waals surface area contributed by atoms with Gasteiger partial charge in [-0.15, -0.1) is 0 Å². The Balaban J connectivity index is 1.50. The zero-order valence-corrected chi connectivity index (χ0v) is 19.9. The van der Waals surface area contributed by atoms with E-state index in [-0.39, 0.29) is 17.4 Å². The zero-order chi connectivity index (χ0) is 23.6. The maximum atomic E-state index is 13.0. The van der Waals surface area contributed by atoms with Crippen LogP contribution in [0.4, 0.5) is 0 Å². The van der Waals surface area contributed by atoms with Gasteiger partial charge in [-0.05, 0) is 51.8 Å². The Morgan fingerprint density at radius 3 is 2.61 bits per heavy atom. The molecule has 0 aliphatic carbocycles. The first-order valence-electron chi connectivity index (χ1n) is 11.0. The minimum Gasteiger partial charge on any atom is -0.493 e. The fourth-order valence-electron chi connectivity index (χ4n) is 3.97. The largest absolute Gasteiger partial charge is 0.493 e. The molecule has 0 spiro atoms. The molecule has 0 atom stereocenters. The normalized spacial score (nSPS) is 16.9. The van der Waals surface area contributed by atoms with Crippen molar-refractivity contribution < 1.29 is 22.7 Å². The summed E-state index contributed by atoms with van der Waals surface area (Å²) < 4.78 is 37.0. The summed E-state index contributed by atoms with van der Waals surface area (Å²) in [7, 11) is -3.01. The molecule has 0 saturated carbocycles. The smallest absolute Gasteiger partial charge is 0.272 e. The van der Waals surface area contributed by atoms with E-state index in [2.05, 4.69) is 10.3 Å². The molecule has 1 aliphatic heterocycles. The maximum absolute atomic E-state index is 13.0. The summed E-state index contributed by atoms with van der Waals surface area (Å²) in [6.07, 6.45) is 2.61. The molecule has 1 fully saturated rings. The van der Waals surface area contributed by atoms with Crippen LogP contribution in [0.15, 0.2) is 42.6 Å². The lowest BCUT2D eigenvalue weighted by Gasteiger charge is -2.34. The monoisotopic (exact) mass is 471 g/mol. The number of nitrogens with zero attached hydrogens (tertiary/aromatic N) is 2. The van der Waals surface area contributed by atoms with Gasteiger partial charge in [-0.3, -0.25) is 9.20 Å². The first kappa shape index (κ1) is 23.1. The third-order valence-corrected chi connectivity index (χ3v) is 7.71. The number of carbonyl (C=O) groups excluding carboxylic acids is 1. The molecule has 0 radical (unpaired) electrons. The molecule has 8 nitrogen and oxygen atoms in total. The second-order valence-corrected chi connectivity index (χ2v) is 10.9. The van der Waals surface area contributed by atoms with E-state index in [1.165, 1.54) is 0 Å². The number of benzene rings is 1. The standard InChI is InChI=1S/C24H29N3O5S/c1-4-31-20-8-6-5-7-18(20)16-32-19-9-10-21-25-22(17(2)27(21)15-19)23(28)26-24(3)11-13-33(29,30)14-12-24/h5-10,15H,4,11-14,16H2,1-3H3,(H,26,28). The van der Waals surface area contributed by atoms with Gasteiger partial charge in [-0.2, -0.15) is 0 Å². The van der Waals surface area contributed by atoms with E-state index in [1.54, 1.807) is 0 Å². The van der Waals surface area contributed by atoms with Crippen molar-refractivity contribution in [1.29, 1.82) is 0 Å². The fourth-order valence-corrected chi connectivity index (χ4v) is 5.70. The van der Waals surface area contributed by atoms with Gasteiger partial charge in [0.2, 0.25) is 0 Å². The van der Waals surface area contributed by atoms with E-state index in [0.29, 0.717) is 48.8 Å². The van der Waals surface area contributed by atoms with Gasteiger partial charge >= 0.3 is 0 Å². The average molecular weight is 472 g/mol. The van der Waals surface area contributed by atoms with Gasteiger partial charge in [0, 0.05) is 11.1 Å². The Bertz CT molecular complexity index is 1270. The minimum atomic E-state index is -3.01. The molecule has 4 rings (SSSR count). The maximum Gasteiger partial charge on any atom is 0.272 e. The summed E-state index contributed by atoms with van der Waals surface area (Å²) in [5, 5.41) is 3.01. The number of hydrogen-bond acceptors (Lipinski definition) is 6. The number of amides is 1. The molecule has 3 aromatic rings. The van der Waals surface area contributed by atoms with E-state index < -0.39 is 15.4 Å². The number of fused-ring (bicyclic) bond motifs is 1. The molecular weight excluding hydrogens is 442 g/mol. The van der Waals surface area contributed by atoms with Crippen molar-refractivity contribution in [2.75, 3.05) is 18.1 Å². The van der Waals surface area contributed by atoms with Gasteiger partial charge in [-0.1, -0.05) is 18.2 Å². The predicted molar refractivity (Wildman–Crippen MR) is 126 cm³/mol. The van der Waals surface area contributed by atoms with Crippen LogP contribution in [0.1, 0.15) is 48.4 Å². The van der Waals surface area contributed by atoms with Crippen molar-refractivity contribution in [1.82, 2.24) is 14.7 Å². The van der Waals surface area contributed by atoms with Gasteiger partial charge in [0.05, 0.1) is 30.0 Å². The van der Waals surface area contributed by atoms with Crippen LogP contribution in [0.5, 0.6) is 11.5 Å². The molecule has 3 heterocycles. The summed E-state index contributed by atoms with van der Waals surface area (Å²) >= 11 is 0. The minimum absolute atomic E-state index is 0.0844. The van der Waals surface area contributed by atoms with Crippen LogP contribution in [-0.4, -0.2) is 47.4 Å². The lowest BCUT2D eigenvalue weighted by Crippen LogP contribution is -2.51. The molecular formula is C24H29N3O5S. The van der Waals surface area contributed by atoms with E-state index in [9.17, 15) is 13.2 Å². The zero-order valence-electron chi connectivity index (χ0n) is 19.1. The molecule has 2 aromatic heterocycles. The van der Waals surface area contributed by atoms with Gasteiger partial charge in [0.15, 0.2) is 0 Å². The van der Waals surface area contributed by atoms with Crippen molar-refractivity contribution >= 4 is 21.4 Å². The Morgan fingerprint density at radius 2 is 1.88 bits per heavy atom. The highest BCUT2D eigenvalue weighted by atomic mass is 32.2. The fraction of sp³-hybridized carbons (Fsp3) is 0.417. The number of ether oxygens (including phenoxy) is 2. The van der Waals surface area contributed by atoms with Crippen LogP contribution in [0.3, 0.4) is 0 Å². The van der Waals surface area contributed by atoms with Crippen LogP contribution >= 0.6 is 0 Å². The second-order valence-electron chi connectivity index (χ2n) is 8.63. The van der Waals surface area contributed by atoms with Crippen LogP contribution in [-0.2, 0) is 16.4 Å². The molecule has 0 bridgehead atoms. The highest BCUT2D eigenvalue weighted by molar-refractivity contribution is 7.91. The highest BCUT2D eigenvalue weighted by Crippen LogP contribution is 2.25. The van der Waals surface area contributed by atoms with Gasteiger partial charge in [0.25, 0.3) is 5.91 Å². The summed E-state index contributed by atoms with van der Waals surface area (Å²) in [4.78, 5) is 17.5. The number of aromatic nitrogens is 2. The molecule has 1 saturated heterocycles. The van der Waals surface area contributed by atoms with Crippen molar-refractivity contribution in [2.24, 2.45) is 0 Å². The average Bonchev–Trinajstić information content (AvgIpc) is 3.12. The van der Waals surface area contributed by atoms with Crippen molar-refractivity contribution in [3.63, 3.8) is 0 Å².